The molecule has 1 unspecified atom stereocenters. The molecular formula is C9H20N2S. The summed E-state index contributed by atoms with van der Waals surface area (Å²) in [6.45, 7) is 7.46. The summed E-state index contributed by atoms with van der Waals surface area (Å²) < 4.78 is 0. The summed E-state index contributed by atoms with van der Waals surface area (Å²) >= 11 is 1.86. The van der Waals surface area contributed by atoms with Crippen LogP contribution >= 0.6 is 11.8 Å². The molecule has 72 valence electrons. The molecule has 1 atom stereocenters. The van der Waals surface area contributed by atoms with Gasteiger partial charge in [-0.1, -0.05) is 12.2 Å². The van der Waals surface area contributed by atoms with Gasteiger partial charge in [-0.2, -0.15) is 11.8 Å². The van der Waals surface area contributed by atoms with Crippen molar-refractivity contribution in [2.75, 3.05) is 25.1 Å². The molecule has 0 aromatic rings. The van der Waals surface area contributed by atoms with E-state index in [2.05, 4.69) is 18.2 Å². The van der Waals surface area contributed by atoms with Gasteiger partial charge in [0, 0.05) is 19.1 Å². The quantitative estimate of drug-likeness (QED) is 0.590. The van der Waals surface area contributed by atoms with Crippen molar-refractivity contribution >= 4 is 11.8 Å². The van der Waals surface area contributed by atoms with Crippen LogP contribution in [0, 0.1) is 0 Å². The first-order chi connectivity index (χ1) is 5.70. The topological polar surface area (TPSA) is 38.0 Å². The van der Waals surface area contributed by atoms with Crippen LogP contribution in [0.1, 0.15) is 13.3 Å². The summed E-state index contributed by atoms with van der Waals surface area (Å²) in [5.41, 5.74) is 6.76. The highest BCUT2D eigenvalue weighted by Crippen LogP contribution is 1.99. The van der Waals surface area contributed by atoms with E-state index >= 15 is 0 Å². The molecule has 0 amide bonds. The minimum atomic E-state index is 0.453. The molecule has 0 aliphatic heterocycles. The molecule has 3 N–H and O–H groups in total. The van der Waals surface area contributed by atoms with Crippen LogP contribution < -0.4 is 11.1 Å². The number of hydrogen-bond acceptors (Lipinski definition) is 3. The Morgan fingerprint density at radius 1 is 1.67 bits per heavy atom. The van der Waals surface area contributed by atoms with Gasteiger partial charge < -0.3 is 11.1 Å². The highest BCUT2D eigenvalue weighted by molar-refractivity contribution is 7.98. The van der Waals surface area contributed by atoms with E-state index in [1.165, 1.54) is 5.75 Å². The Morgan fingerprint density at radius 3 is 2.75 bits per heavy atom. The Balaban J connectivity index is 3.45. The first kappa shape index (κ1) is 12.0. The Kier molecular flexibility index (Phi) is 7.65. The number of nitrogens with two attached hydrogens (primary N) is 1. The van der Waals surface area contributed by atoms with Gasteiger partial charge in [-0.3, -0.25) is 0 Å². The van der Waals surface area contributed by atoms with Crippen molar-refractivity contribution in [2.45, 2.75) is 19.4 Å². The van der Waals surface area contributed by atoms with Crippen LogP contribution in [0.4, 0.5) is 0 Å². The third-order valence-electron chi connectivity index (χ3n) is 1.65. The normalized spacial score (nSPS) is 12.9. The molecule has 0 fully saturated rings. The number of rotatable bonds is 7. The highest BCUT2D eigenvalue weighted by Gasteiger charge is 2.03. The van der Waals surface area contributed by atoms with Gasteiger partial charge in [0.05, 0.1) is 0 Å². The summed E-state index contributed by atoms with van der Waals surface area (Å²) in [7, 11) is 0. The van der Waals surface area contributed by atoms with Gasteiger partial charge in [-0.15, -0.1) is 0 Å². The number of hydrogen-bond donors (Lipinski definition) is 2. The van der Waals surface area contributed by atoms with E-state index in [0.717, 1.165) is 18.5 Å². The second kappa shape index (κ2) is 7.65. The summed E-state index contributed by atoms with van der Waals surface area (Å²) in [6.07, 6.45) is 3.26. The first-order valence-electron chi connectivity index (χ1n) is 4.27. The Hall–Kier alpha value is 0.0100. The van der Waals surface area contributed by atoms with Crippen molar-refractivity contribution in [3.8, 4) is 0 Å². The minimum absolute atomic E-state index is 0.453. The predicted molar refractivity (Wildman–Crippen MR) is 58.7 cm³/mol. The Bertz CT molecular complexity index is 126. The monoisotopic (exact) mass is 188 g/mol. The van der Waals surface area contributed by atoms with Crippen LogP contribution in [0.5, 0.6) is 0 Å². The molecule has 2 nitrogen and oxygen atoms in total. The first-order valence-corrected chi connectivity index (χ1v) is 5.66. The lowest BCUT2D eigenvalue weighted by Gasteiger charge is -2.15. The number of nitrogens with one attached hydrogen (secondary N) is 1. The van der Waals surface area contributed by atoms with Crippen LogP contribution in [-0.2, 0) is 0 Å². The van der Waals surface area contributed by atoms with Crippen molar-refractivity contribution in [3.05, 3.63) is 12.2 Å². The summed E-state index contributed by atoms with van der Waals surface area (Å²) in [6, 6.07) is 0.453. The molecule has 0 saturated heterocycles. The Labute approximate surface area is 80.0 Å². The van der Waals surface area contributed by atoms with E-state index < -0.39 is 0 Å². The molecule has 0 radical (unpaired) electrons. The molecule has 3 heteroatoms. The van der Waals surface area contributed by atoms with E-state index in [4.69, 9.17) is 5.73 Å². The average molecular weight is 188 g/mol. The maximum Gasteiger partial charge on any atom is 0.0201 e. The fourth-order valence-electron chi connectivity index (χ4n) is 0.882. The molecule has 0 aromatic heterocycles. The van der Waals surface area contributed by atoms with E-state index in [-0.39, 0.29) is 0 Å². The SMILES string of the molecule is C=C(C)CNC(CN)CCSC. The van der Waals surface area contributed by atoms with E-state index in [1.807, 2.05) is 18.7 Å². The summed E-state index contributed by atoms with van der Waals surface area (Å²) in [5.74, 6) is 1.17. The van der Waals surface area contributed by atoms with Crippen molar-refractivity contribution in [1.29, 1.82) is 0 Å². The maximum atomic E-state index is 5.60. The van der Waals surface area contributed by atoms with Crippen LogP contribution in [0.25, 0.3) is 0 Å². The molecule has 0 aromatic carbocycles. The fraction of sp³-hybridized carbons (Fsp3) is 0.778. The molecule has 0 rings (SSSR count). The molecular weight excluding hydrogens is 168 g/mol. The molecule has 0 heterocycles. The molecule has 0 aliphatic rings. The van der Waals surface area contributed by atoms with E-state index in [0.29, 0.717) is 12.6 Å². The zero-order valence-electron chi connectivity index (χ0n) is 8.10. The van der Waals surface area contributed by atoms with E-state index in [1.54, 1.807) is 0 Å². The third kappa shape index (κ3) is 6.70. The van der Waals surface area contributed by atoms with Crippen LogP contribution in [-0.4, -0.2) is 31.1 Å². The maximum absolute atomic E-state index is 5.60. The highest BCUT2D eigenvalue weighted by atomic mass is 32.2. The molecule has 0 bridgehead atoms. The Morgan fingerprint density at radius 2 is 2.33 bits per heavy atom. The lowest BCUT2D eigenvalue weighted by molar-refractivity contribution is 0.531. The molecule has 0 spiro atoms. The minimum Gasteiger partial charge on any atom is -0.329 e. The van der Waals surface area contributed by atoms with Gasteiger partial charge in [0.1, 0.15) is 0 Å². The van der Waals surface area contributed by atoms with Crippen molar-refractivity contribution < 1.29 is 0 Å². The largest absolute Gasteiger partial charge is 0.329 e. The fourth-order valence-corrected chi connectivity index (χ4v) is 1.40. The zero-order valence-corrected chi connectivity index (χ0v) is 8.91. The third-order valence-corrected chi connectivity index (χ3v) is 2.29. The lowest BCUT2D eigenvalue weighted by atomic mass is 10.2. The second-order valence-electron chi connectivity index (χ2n) is 3.05. The van der Waals surface area contributed by atoms with Gasteiger partial charge in [0.2, 0.25) is 0 Å². The van der Waals surface area contributed by atoms with Crippen molar-refractivity contribution in [2.24, 2.45) is 5.73 Å². The van der Waals surface area contributed by atoms with Crippen molar-refractivity contribution in [1.82, 2.24) is 5.32 Å². The molecule has 12 heavy (non-hydrogen) atoms. The summed E-state index contributed by atoms with van der Waals surface area (Å²) in [4.78, 5) is 0. The van der Waals surface area contributed by atoms with Crippen molar-refractivity contribution in [3.63, 3.8) is 0 Å². The zero-order chi connectivity index (χ0) is 9.40. The van der Waals surface area contributed by atoms with E-state index in [9.17, 15) is 0 Å². The van der Waals surface area contributed by atoms with Gasteiger partial charge in [-0.05, 0) is 25.4 Å². The predicted octanol–water partition coefficient (Wildman–Crippen LogP) is 1.23. The van der Waals surface area contributed by atoms with Crippen LogP contribution in [0.2, 0.25) is 0 Å². The van der Waals surface area contributed by atoms with Gasteiger partial charge in [0.25, 0.3) is 0 Å². The molecule has 0 aliphatic carbocycles. The van der Waals surface area contributed by atoms with Crippen LogP contribution in [0.15, 0.2) is 12.2 Å². The summed E-state index contributed by atoms with van der Waals surface area (Å²) in [5, 5.41) is 3.37. The average Bonchev–Trinajstić information content (AvgIpc) is 2.05. The van der Waals surface area contributed by atoms with Gasteiger partial charge in [-0.25, -0.2) is 0 Å². The molecule has 0 saturated carbocycles. The second-order valence-corrected chi connectivity index (χ2v) is 4.04. The smallest absolute Gasteiger partial charge is 0.0201 e. The van der Waals surface area contributed by atoms with Gasteiger partial charge >= 0.3 is 0 Å². The lowest BCUT2D eigenvalue weighted by Crippen LogP contribution is -2.37. The standard InChI is InChI=1S/C9H20N2S/c1-8(2)7-11-9(6-10)4-5-12-3/h9,11H,1,4-7,10H2,2-3H3. The number of thioether (sulfide) groups is 1. The van der Waals surface area contributed by atoms with Gasteiger partial charge in [0.15, 0.2) is 0 Å². The van der Waals surface area contributed by atoms with Crippen LogP contribution in [0.3, 0.4) is 0 Å².